The number of hydrogen-bond donors (Lipinski definition) is 0. The van der Waals surface area contributed by atoms with Crippen molar-refractivity contribution < 1.29 is 9.47 Å². The number of aryl methyl sites for hydroxylation is 1. The quantitative estimate of drug-likeness (QED) is 0.853. The molecule has 0 unspecified atom stereocenters. The van der Waals surface area contributed by atoms with E-state index in [1.807, 2.05) is 13.0 Å². The molecule has 0 N–H and O–H groups in total. The van der Waals surface area contributed by atoms with Gasteiger partial charge in [0.2, 0.25) is 0 Å². The van der Waals surface area contributed by atoms with E-state index in [2.05, 4.69) is 15.2 Å². The van der Waals surface area contributed by atoms with Crippen molar-refractivity contribution in [2.75, 3.05) is 14.2 Å². The first-order chi connectivity index (χ1) is 8.65. The third-order valence-electron chi connectivity index (χ3n) is 2.48. The molecule has 18 heavy (non-hydrogen) atoms. The molecule has 1 aromatic carbocycles. The van der Waals surface area contributed by atoms with Crippen LogP contribution >= 0.6 is 11.6 Å². The van der Waals surface area contributed by atoms with E-state index in [-0.39, 0.29) is 5.15 Å². The van der Waals surface area contributed by atoms with Gasteiger partial charge in [0, 0.05) is 6.07 Å². The minimum Gasteiger partial charge on any atom is -0.497 e. The van der Waals surface area contributed by atoms with Gasteiger partial charge in [0.15, 0.2) is 11.0 Å². The summed E-state index contributed by atoms with van der Waals surface area (Å²) in [5.41, 5.74) is 1.68. The topological polar surface area (TPSA) is 57.1 Å². The molecule has 0 aliphatic carbocycles. The summed E-state index contributed by atoms with van der Waals surface area (Å²) in [7, 11) is 3.18. The molecule has 5 nitrogen and oxygen atoms in total. The Labute approximate surface area is 110 Å². The maximum atomic E-state index is 5.82. The van der Waals surface area contributed by atoms with Gasteiger partial charge >= 0.3 is 0 Å². The lowest BCUT2D eigenvalue weighted by Crippen LogP contribution is -1.98. The lowest BCUT2D eigenvalue weighted by atomic mass is 10.1. The zero-order chi connectivity index (χ0) is 13.1. The number of nitrogens with zero attached hydrogens (tertiary/aromatic N) is 3. The molecule has 0 spiro atoms. The molecule has 0 aliphatic rings. The Morgan fingerprint density at radius 2 is 1.94 bits per heavy atom. The minimum atomic E-state index is 0.289. The Bertz CT molecular complexity index is 575. The summed E-state index contributed by atoms with van der Waals surface area (Å²) in [6, 6.07) is 3.65. The normalized spacial score (nSPS) is 10.2. The van der Waals surface area contributed by atoms with Gasteiger partial charge in [-0.1, -0.05) is 11.6 Å². The molecule has 0 saturated carbocycles. The van der Waals surface area contributed by atoms with E-state index < -0.39 is 0 Å². The highest BCUT2D eigenvalue weighted by molar-refractivity contribution is 6.29. The third-order valence-corrected chi connectivity index (χ3v) is 2.66. The van der Waals surface area contributed by atoms with Gasteiger partial charge in [0.1, 0.15) is 11.5 Å². The number of benzene rings is 1. The number of ether oxygens (including phenoxy) is 2. The van der Waals surface area contributed by atoms with Crippen molar-refractivity contribution >= 4 is 11.6 Å². The second kappa shape index (κ2) is 5.18. The maximum absolute atomic E-state index is 5.82. The summed E-state index contributed by atoms with van der Waals surface area (Å²) in [5, 5.41) is 8.05. The van der Waals surface area contributed by atoms with Crippen LogP contribution in [0.25, 0.3) is 11.4 Å². The Hall–Kier alpha value is -1.88. The molecule has 2 rings (SSSR count). The van der Waals surface area contributed by atoms with Gasteiger partial charge in [-0.15, -0.1) is 5.10 Å². The van der Waals surface area contributed by atoms with Crippen molar-refractivity contribution in [1.29, 1.82) is 0 Å². The monoisotopic (exact) mass is 265 g/mol. The van der Waals surface area contributed by atoms with Crippen LogP contribution in [-0.2, 0) is 0 Å². The van der Waals surface area contributed by atoms with E-state index >= 15 is 0 Å². The van der Waals surface area contributed by atoms with Crippen LogP contribution in [0, 0.1) is 6.92 Å². The van der Waals surface area contributed by atoms with E-state index in [0.717, 1.165) is 11.1 Å². The third kappa shape index (κ3) is 2.36. The van der Waals surface area contributed by atoms with Crippen LogP contribution in [0.3, 0.4) is 0 Å². The molecule has 1 aromatic heterocycles. The Kier molecular flexibility index (Phi) is 3.62. The highest BCUT2D eigenvalue weighted by atomic mass is 35.5. The number of rotatable bonds is 3. The van der Waals surface area contributed by atoms with Gasteiger partial charge in [-0.05, 0) is 18.6 Å². The van der Waals surface area contributed by atoms with E-state index in [1.165, 1.54) is 6.20 Å². The van der Waals surface area contributed by atoms with Gasteiger partial charge in [0.05, 0.1) is 26.0 Å². The minimum absolute atomic E-state index is 0.289. The predicted molar refractivity (Wildman–Crippen MR) is 68.1 cm³/mol. The van der Waals surface area contributed by atoms with E-state index in [9.17, 15) is 0 Å². The Balaban J connectivity index is 2.63. The molecular formula is C12H12ClN3O2. The average Bonchev–Trinajstić information content (AvgIpc) is 2.37. The molecule has 94 valence electrons. The van der Waals surface area contributed by atoms with Crippen LogP contribution in [0.1, 0.15) is 5.56 Å². The highest BCUT2D eigenvalue weighted by Gasteiger charge is 2.15. The van der Waals surface area contributed by atoms with Crippen molar-refractivity contribution in [3.05, 3.63) is 29.0 Å². The summed E-state index contributed by atoms with van der Waals surface area (Å²) in [4.78, 5) is 4.14. The van der Waals surface area contributed by atoms with Crippen LogP contribution in [0.2, 0.25) is 5.15 Å². The van der Waals surface area contributed by atoms with E-state index in [1.54, 1.807) is 20.3 Å². The zero-order valence-electron chi connectivity index (χ0n) is 10.3. The lowest BCUT2D eigenvalue weighted by Gasteiger charge is -2.12. The van der Waals surface area contributed by atoms with Crippen molar-refractivity contribution in [1.82, 2.24) is 15.2 Å². The molecule has 0 atom stereocenters. The standard InChI is InChI=1S/C12H12ClN3O2/c1-7-4-8(17-2)5-9(18-3)11(7)12-15-10(13)6-14-16-12/h4-6H,1-3H3. The second-order valence-electron chi connectivity index (χ2n) is 3.62. The summed E-state index contributed by atoms with van der Waals surface area (Å²) >= 11 is 5.82. The summed E-state index contributed by atoms with van der Waals surface area (Å²) in [5.74, 6) is 1.76. The fourth-order valence-corrected chi connectivity index (χ4v) is 1.80. The van der Waals surface area contributed by atoms with Gasteiger partial charge in [-0.2, -0.15) is 5.10 Å². The largest absolute Gasteiger partial charge is 0.497 e. The number of methoxy groups -OCH3 is 2. The lowest BCUT2D eigenvalue weighted by molar-refractivity contribution is 0.394. The fraction of sp³-hybridized carbons (Fsp3) is 0.250. The van der Waals surface area contributed by atoms with E-state index in [0.29, 0.717) is 17.3 Å². The molecular weight excluding hydrogens is 254 g/mol. The number of aromatic nitrogens is 3. The summed E-state index contributed by atoms with van der Waals surface area (Å²) in [6.07, 6.45) is 1.39. The molecule has 1 heterocycles. The first-order valence-corrected chi connectivity index (χ1v) is 5.61. The average molecular weight is 266 g/mol. The van der Waals surface area contributed by atoms with Crippen molar-refractivity contribution in [3.8, 4) is 22.9 Å². The van der Waals surface area contributed by atoms with Crippen LogP contribution in [0.5, 0.6) is 11.5 Å². The van der Waals surface area contributed by atoms with Crippen LogP contribution in [0.4, 0.5) is 0 Å². The molecule has 0 saturated heterocycles. The van der Waals surface area contributed by atoms with Gasteiger partial charge in [0.25, 0.3) is 0 Å². The molecule has 0 amide bonds. The first kappa shape index (κ1) is 12.6. The Morgan fingerprint density at radius 3 is 2.56 bits per heavy atom. The fourth-order valence-electron chi connectivity index (χ4n) is 1.68. The van der Waals surface area contributed by atoms with Gasteiger partial charge < -0.3 is 9.47 Å². The van der Waals surface area contributed by atoms with Crippen LogP contribution in [-0.4, -0.2) is 29.4 Å². The SMILES string of the molecule is COc1cc(C)c(-c2nncc(Cl)n2)c(OC)c1. The molecule has 0 aliphatic heterocycles. The highest BCUT2D eigenvalue weighted by Crippen LogP contribution is 2.34. The van der Waals surface area contributed by atoms with Crippen LogP contribution < -0.4 is 9.47 Å². The molecule has 0 bridgehead atoms. The second-order valence-corrected chi connectivity index (χ2v) is 4.01. The van der Waals surface area contributed by atoms with Crippen molar-refractivity contribution in [2.45, 2.75) is 6.92 Å². The molecule has 6 heteroatoms. The smallest absolute Gasteiger partial charge is 0.187 e. The van der Waals surface area contributed by atoms with Crippen LogP contribution in [0.15, 0.2) is 18.3 Å². The summed E-state index contributed by atoms with van der Waals surface area (Å²) in [6.45, 7) is 1.92. The zero-order valence-corrected chi connectivity index (χ0v) is 11.0. The number of hydrogen-bond acceptors (Lipinski definition) is 5. The van der Waals surface area contributed by atoms with Gasteiger partial charge in [-0.3, -0.25) is 0 Å². The van der Waals surface area contributed by atoms with Gasteiger partial charge in [-0.25, -0.2) is 4.98 Å². The molecule has 0 fully saturated rings. The molecule has 0 radical (unpaired) electrons. The van der Waals surface area contributed by atoms with Crippen molar-refractivity contribution in [3.63, 3.8) is 0 Å². The van der Waals surface area contributed by atoms with E-state index in [4.69, 9.17) is 21.1 Å². The summed E-state index contributed by atoms with van der Waals surface area (Å²) < 4.78 is 10.5. The van der Waals surface area contributed by atoms with Crippen molar-refractivity contribution in [2.24, 2.45) is 0 Å². The first-order valence-electron chi connectivity index (χ1n) is 5.24. The number of halogens is 1. The Morgan fingerprint density at radius 1 is 1.17 bits per heavy atom. The molecule has 2 aromatic rings. The predicted octanol–water partition coefficient (Wildman–Crippen LogP) is 2.52. The maximum Gasteiger partial charge on any atom is 0.187 e.